The summed E-state index contributed by atoms with van der Waals surface area (Å²) in [5, 5.41) is 8.40. The average Bonchev–Trinajstić information content (AvgIpc) is 2.92. The van der Waals surface area contributed by atoms with Gasteiger partial charge in [-0.25, -0.2) is 9.66 Å². The van der Waals surface area contributed by atoms with E-state index in [1.54, 1.807) is 6.92 Å². The molecule has 0 aromatic carbocycles. The topological polar surface area (TPSA) is 94.4 Å². The Balaban J connectivity index is 1.49. The number of aromatic amines is 1. The van der Waals surface area contributed by atoms with Gasteiger partial charge < -0.3 is 10.7 Å². The number of H-pyrrole nitrogens is 1. The van der Waals surface area contributed by atoms with E-state index < -0.39 is 0 Å². The number of carbonyl (C=O) groups is 1. The summed E-state index contributed by atoms with van der Waals surface area (Å²) in [4.78, 5) is 19.7. The van der Waals surface area contributed by atoms with Gasteiger partial charge in [0.1, 0.15) is 18.9 Å². The van der Waals surface area contributed by atoms with E-state index >= 15 is 0 Å². The average molecular weight is 334 g/mol. The van der Waals surface area contributed by atoms with E-state index in [1.807, 2.05) is 29.3 Å². The molecule has 2 aromatic rings. The van der Waals surface area contributed by atoms with Crippen molar-refractivity contribution in [1.29, 1.82) is 0 Å². The Bertz CT molecular complexity index is 667. The fourth-order valence-corrected chi connectivity index (χ4v) is 3.25. The first kappa shape index (κ1) is 15.6. The number of nitrogens with zero attached hydrogens (tertiary/aromatic N) is 5. The minimum atomic E-state index is 0.104. The number of hydrogen-bond donors (Lipinski definition) is 1. The molecule has 3 N–H and O–H groups in total. The summed E-state index contributed by atoms with van der Waals surface area (Å²) in [6, 6.07) is 6.01. The summed E-state index contributed by atoms with van der Waals surface area (Å²) in [7, 11) is 0. The molecule has 1 aliphatic heterocycles. The third kappa shape index (κ3) is 3.55. The fraction of sp³-hybridized carbons (Fsp3) is 0.429. The Hall–Kier alpha value is -2.29. The van der Waals surface area contributed by atoms with Crippen LogP contribution in [0.25, 0.3) is 0 Å². The van der Waals surface area contributed by atoms with Crippen LogP contribution in [0.1, 0.15) is 5.82 Å². The van der Waals surface area contributed by atoms with Gasteiger partial charge in [-0.05, 0) is 13.0 Å². The third-order valence-electron chi connectivity index (χ3n) is 3.83. The highest BCUT2D eigenvalue weighted by molar-refractivity contribution is 7.99. The molecule has 3 rings (SSSR count). The first-order valence-electron chi connectivity index (χ1n) is 7.44. The van der Waals surface area contributed by atoms with Crippen molar-refractivity contribution in [1.82, 2.24) is 19.8 Å². The normalized spacial score (nSPS) is 15.0. The summed E-state index contributed by atoms with van der Waals surface area (Å²) in [5.41, 5.74) is 0. The number of thioether (sulfide) groups is 1. The van der Waals surface area contributed by atoms with Crippen LogP contribution in [0, 0.1) is 6.92 Å². The van der Waals surface area contributed by atoms with Crippen LogP contribution in [0.15, 0.2) is 29.6 Å². The molecule has 1 fully saturated rings. The zero-order valence-corrected chi connectivity index (χ0v) is 13.8. The van der Waals surface area contributed by atoms with Gasteiger partial charge in [0, 0.05) is 6.07 Å². The summed E-state index contributed by atoms with van der Waals surface area (Å²) in [6.45, 7) is 4.86. The number of nitrogens with one attached hydrogen (secondary N) is 1. The van der Waals surface area contributed by atoms with E-state index in [0.29, 0.717) is 16.7 Å². The quantitative estimate of drug-likeness (QED) is 0.601. The number of pyridine rings is 1. The SMILES string of the molecule is Cc1nnc(SCC(=O)N2CCN(c3cccc[nH+]3)CC2)n1N. The van der Waals surface area contributed by atoms with Crippen molar-refractivity contribution in [3.05, 3.63) is 30.2 Å². The summed E-state index contributed by atoms with van der Waals surface area (Å²) in [5.74, 6) is 7.93. The molecular formula is C14H20N7OS+. The van der Waals surface area contributed by atoms with Crippen molar-refractivity contribution in [2.24, 2.45) is 0 Å². The second kappa shape index (κ2) is 6.86. The van der Waals surface area contributed by atoms with Crippen LogP contribution in [-0.4, -0.2) is 57.6 Å². The number of rotatable bonds is 4. The molecule has 0 radical (unpaired) electrons. The first-order valence-corrected chi connectivity index (χ1v) is 8.43. The van der Waals surface area contributed by atoms with Gasteiger partial charge in [-0.1, -0.05) is 17.8 Å². The molecule has 2 aromatic heterocycles. The highest BCUT2D eigenvalue weighted by atomic mass is 32.2. The summed E-state index contributed by atoms with van der Waals surface area (Å²) >= 11 is 1.32. The summed E-state index contributed by atoms with van der Waals surface area (Å²) < 4.78 is 1.40. The van der Waals surface area contributed by atoms with Crippen molar-refractivity contribution in [3.8, 4) is 0 Å². The third-order valence-corrected chi connectivity index (χ3v) is 4.75. The van der Waals surface area contributed by atoms with Gasteiger partial charge >= 0.3 is 0 Å². The lowest BCUT2D eigenvalue weighted by atomic mass is 10.3. The number of aromatic nitrogens is 4. The van der Waals surface area contributed by atoms with Crippen LogP contribution in [0.2, 0.25) is 0 Å². The Kier molecular flexibility index (Phi) is 4.65. The zero-order valence-electron chi connectivity index (χ0n) is 13.0. The lowest BCUT2D eigenvalue weighted by Crippen LogP contribution is -2.50. The van der Waals surface area contributed by atoms with Crippen molar-refractivity contribution in [2.75, 3.05) is 42.7 Å². The van der Waals surface area contributed by atoms with E-state index in [-0.39, 0.29) is 5.91 Å². The predicted molar refractivity (Wildman–Crippen MR) is 87.4 cm³/mol. The lowest BCUT2D eigenvalue weighted by Gasteiger charge is -2.30. The van der Waals surface area contributed by atoms with Crippen LogP contribution >= 0.6 is 11.8 Å². The fourth-order valence-electron chi connectivity index (χ4n) is 2.44. The maximum absolute atomic E-state index is 12.3. The monoisotopic (exact) mass is 334 g/mol. The molecule has 1 amide bonds. The molecule has 3 heterocycles. The number of nitrogens with two attached hydrogens (primary N) is 1. The van der Waals surface area contributed by atoms with E-state index in [0.717, 1.165) is 32.0 Å². The van der Waals surface area contributed by atoms with Gasteiger partial charge in [-0.15, -0.1) is 10.2 Å². The lowest BCUT2D eigenvalue weighted by molar-refractivity contribution is -0.364. The molecule has 0 aliphatic carbocycles. The second-order valence-electron chi connectivity index (χ2n) is 5.30. The molecule has 1 aliphatic rings. The van der Waals surface area contributed by atoms with Gasteiger partial charge in [0.25, 0.3) is 5.82 Å². The van der Waals surface area contributed by atoms with Gasteiger partial charge in [0.2, 0.25) is 11.1 Å². The predicted octanol–water partition coefficient (Wildman–Crippen LogP) is -0.445. The number of amides is 1. The molecule has 1 saturated heterocycles. The Morgan fingerprint density at radius 2 is 2.09 bits per heavy atom. The van der Waals surface area contributed by atoms with Crippen LogP contribution in [0.4, 0.5) is 5.82 Å². The van der Waals surface area contributed by atoms with Gasteiger partial charge in [0.15, 0.2) is 0 Å². The highest BCUT2D eigenvalue weighted by Gasteiger charge is 2.26. The zero-order chi connectivity index (χ0) is 16.2. The Labute approximate surface area is 138 Å². The number of anilines is 1. The molecule has 9 heteroatoms. The number of nitrogen functional groups attached to an aromatic ring is 1. The van der Waals surface area contributed by atoms with Gasteiger partial charge in [0.05, 0.1) is 25.0 Å². The number of carbonyl (C=O) groups excluding carboxylic acids is 1. The van der Waals surface area contributed by atoms with Crippen LogP contribution in [0.5, 0.6) is 0 Å². The van der Waals surface area contributed by atoms with Crippen LogP contribution < -0.4 is 15.7 Å². The Morgan fingerprint density at radius 3 is 2.70 bits per heavy atom. The molecule has 122 valence electrons. The van der Waals surface area contributed by atoms with Crippen molar-refractivity contribution in [3.63, 3.8) is 0 Å². The minimum absolute atomic E-state index is 0.104. The molecule has 0 bridgehead atoms. The van der Waals surface area contributed by atoms with Crippen molar-refractivity contribution >= 4 is 23.5 Å². The number of piperazine rings is 1. The van der Waals surface area contributed by atoms with Gasteiger partial charge in [-0.2, -0.15) is 0 Å². The van der Waals surface area contributed by atoms with Crippen molar-refractivity contribution in [2.45, 2.75) is 12.1 Å². The first-order chi connectivity index (χ1) is 11.1. The molecule has 0 spiro atoms. The largest absolute Gasteiger partial charge is 0.336 e. The molecule has 8 nitrogen and oxygen atoms in total. The van der Waals surface area contributed by atoms with E-state index in [1.165, 1.54) is 16.4 Å². The smallest absolute Gasteiger partial charge is 0.274 e. The molecule has 0 unspecified atom stereocenters. The molecule has 0 saturated carbocycles. The molecular weight excluding hydrogens is 314 g/mol. The maximum atomic E-state index is 12.3. The number of aryl methyl sites for hydroxylation is 1. The van der Waals surface area contributed by atoms with Crippen molar-refractivity contribution < 1.29 is 9.78 Å². The highest BCUT2D eigenvalue weighted by Crippen LogP contribution is 2.16. The van der Waals surface area contributed by atoms with Gasteiger partial charge in [-0.3, -0.25) is 9.69 Å². The summed E-state index contributed by atoms with van der Waals surface area (Å²) in [6.07, 6.45) is 1.91. The van der Waals surface area contributed by atoms with Crippen LogP contribution in [-0.2, 0) is 4.79 Å². The van der Waals surface area contributed by atoms with E-state index in [2.05, 4.69) is 20.1 Å². The standard InChI is InChI=1S/C14H19N7OS/c1-11-17-18-14(21(11)15)23-10-13(22)20-8-6-19(7-9-20)12-4-2-3-5-16-12/h2-5H,6-10,15H2,1H3/p+1. The molecule has 0 atom stereocenters. The Morgan fingerprint density at radius 1 is 1.30 bits per heavy atom. The second-order valence-corrected chi connectivity index (χ2v) is 6.25. The minimum Gasteiger partial charge on any atom is -0.336 e. The van der Waals surface area contributed by atoms with E-state index in [4.69, 9.17) is 5.84 Å². The number of hydrogen-bond acceptors (Lipinski definition) is 6. The van der Waals surface area contributed by atoms with E-state index in [9.17, 15) is 4.79 Å². The molecule has 23 heavy (non-hydrogen) atoms. The van der Waals surface area contributed by atoms with Crippen LogP contribution in [0.3, 0.4) is 0 Å². The maximum Gasteiger partial charge on any atom is 0.274 e.